The van der Waals surface area contributed by atoms with E-state index in [1.165, 1.54) is 18.4 Å². The van der Waals surface area contributed by atoms with Gasteiger partial charge in [-0.2, -0.15) is 0 Å². The monoisotopic (exact) mass is 310 g/mol. The molecule has 0 aromatic heterocycles. The quantitative estimate of drug-likeness (QED) is 0.868. The van der Waals surface area contributed by atoms with Crippen molar-refractivity contribution >= 4 is 11.6 Å². The van der Waals surface area contributed by atoms with Gasteiger partial charge in [-0.1, -0.05) is 18.5 Å². The molecule has 118 valence electrons. The van der Waals surface area contributed by atoms with Crippen molar-refractivity contribution in [3.05, 3.63) is 28.8 Å². The third-order valence-electron chi connectivity index (χ3n) is 4.38. The van der Waals surface area contributed by atoms with E-state index in [2.05, 4.69) is 11.8 Å². The lowest BCUT2D eigenvalue weighted by atomic mass is 9.90. The molecule has 0 spiro atoms. The van der Waals surface area contributed by atoms with Crippen LogP contribution in [0.2, 0.25) is 5.02 Å². The summed E-state index contributed by atoms with van der Waals surface area (Å²) in [5.74, 6) is 0.924. The highest BCUT2D eigenvalue weighted by Gasteiger charge is 2.24. The number of rotatable bonds is 6. The minimum atomic E-state index is 0.394. The van der Waals surface area contributed by atoms with Crippen LogP contribution in [0.25, 0.3) is 0 Å². The zero-order valence-corrected chi connectivity index (χ0v) is 13.9. The normalized spacial score (nSPS) is 22.5. The van der Waals surface area contributed by atoms with Crippen molar-refractivity contribution < 1.29 is 4.74 Å². The lowest BCUT2D eigenvalue weighted by Gasteiger charge is -2.36. The van der Waals surface area contributed by atoms with E-state index in [9.17, 15) is 0 Å². The second-order valence-corrected chi connectivity index (χ2v) is 6.43. The molecule has 0 bridgehead atoms. The fourth-order valence-electron chi connectivity index (χ4n) is 3.23. The average molecular weight is 311 g/mol. The smallest absolute Gasteiger partial charge is 0.123 e. The van der Waals surface area contributed by atoms with Gasteiger partial charge in [0.05, 0.1) is 7.11 Å². The number of nitrogens with two attached hydrogens (primary N) is 1. The molecule has 4 heteroatoms. The second-order valence-electron chi connectivity index (χ2n) is 6.00. The molecule has 0 unspecified atom stereocenters. The summed E-state index contributed by atoms with van der Waals surface area (Å²) >= 11 is 6.15. The number of hydrogen-bond donors (Lipinski definition) is 1. The lowest BCUT2D eigenvalue weighted by molar-refractivity contribution is 0.141. The van der Waals surface area contributed by atoms with Gasteiger partial charge in [-0.15, -0.1) is 0 Å². The fourth-order valence-corrected chi connectivity index (χ4v) is 3.43. The minimum Gasteiger partial charge on any atom is -0.496 e. The van der Waals surface area contributed by atoms with Crippen LogP contribution in [-0.4, -0.2) is 30.6 Å². The Labute approximate surface area is 133 Å². The highest BCUT2D eigenvalue weighted by Crippen LogP contribution is 2.28. The van der Waals surface area contributed by atoms with E-state index in [0.717, 1.165) is 43.1 Å². The van der Waals surface area contributed by atoms with Crippen LogP contribution in [0.3, 0.4) is 0 Å². The van der Waals surface area contributed by atoms with Crippen LogP contribution in [0.5, 0.6) is 5.75 Å². The summed E-state index contributed by atoms with van der Waals surface area (Å²) in [4.78, 5) is 2.57. The predicted molar refractivity (Wildman–Crippen MR) is 88.9 cm³/mol. The van der Waals surface area contributed by atoms with Gasteiger partial charge in [0, 0.05) is 29.2 Å². The molecule has 0 heterocycles. The van der Waals surface area contributed by atoms with E-state index >= 15 is 0 Å². The van der Waals surface area contributed by atoms with Crippen molar-refractivity contribution in [1.29, 1.82) is 0 Å². The molecule has 0 atom stereocenters. The molecule has 1 aliphatic carbocycles. The summed E-state index contributed by atoms with van der Waals surface area (Å²) in [6.07, 6.45) is 5.83. The molecule has 0 amide bonds. The molecular formula is C17H27ClN2O. The Hall–Kier alpha value is -0.770. The highest BCUT2D eigenvalue weighted by atomic mass is 35.5. The van der Waals surface area contributed by atoms with Gasteiger partial charge < -0.3 is 10.5 Å². The first-order valence-electron chi connectivity index (χ1n) is 7.96. The van der Waals surface area contributed by atoms with Gasteiger partial charge in [-0.3, -0.25) is 4.90 Å². The van der Waals surface area contributed by atoms with Crippen molar-refractivity contribution in [3.8, 4) is 5.75 Å². The van der Waals surface area contributed by atoms with Gasteiger partial charge in [0.1, 0.15) is 5.75 Å². The van der Waals surface area contributed by atoms with Crippen LogP contribution in [0.15, 0.2) is 18.2 Å². The van der Waals surface area contributed by atoms with Crippen LogP contribution in [0.1, 0.15) is 44.6 Å². The molecule has 0 saturated heterocycles. The summed E-state index contributed by atoms with van der Waals surface area (Å²) in [5.41, 5.74) is 7.21. The first-order chi connectivity index (χ1) is 10.1. The second kappa shape index (κ2) is 8.02. The van der Waals surface area contributed by atoms with Gasteiger partial charge in [0.25, 0.3) is 0 Å². The SMILES string of the molecule is CCCN(Cc1cc(Cl)ccc1OC)C1CCC(N)CC1. The van der Waals surface area contributed by atoms with Gasteiger partial charge in [0.15, 0.2) is 0 Å². The summed E-state index contributed by atoms with van der Waals surface area (Å²) in [6, 6.07) is 6.89. The summed E-state index contributed by atoms with van der Waals surface area (Å²) in [7, 11) is 1.72. The van der Waals surface area contributed by atoms with Crippen LogP contribution >= 0.6 is 11.6 Å². The summed E-state index contributed by atoms with van der Waals surface area (Å²) in [6.45, 7) is 4.24. The molecule has 1 aromatic rings. The Kier molecular flexibility index (Phi) is 6.34. The lowest BCUT2D eigenvalue weighted by Crippen LogP contribution is -2.40. The molecule has 1 aromatic carbocycles. The topological polar surface area (TPSA) is 38.5 Å². The molecule has 1 aliphatic rings. The maximum Gasteiger partial charge on any atom is 0.123 e. The van der Waals surface area contributed by atoms with Gasteiger partial charge >= 0.3 is 0 Å². The van der Waals surface area contributed by atoms with E-state index < -0.39 is 0 Å². The first-order valence-corrected chi connectivity index (χ1v) is 8.33. The third-order valence-corrected chi connectivity index (χ3v) is 4.62. The minimum absolute atomic E-state index is 0.394. The Balaban J connectivity index is 2.10. The van der Waals surface area contributed by atoms with E-state index in [0.29, 0.717) is 12.1 Å². The largest absolute Gasteiger partial charge is 0.496 e. The zero-order valence-electron chi connectivity index (χ0n) is 13.1. The van der Waals surface area contributed by atoms with E-state index in [4.69, 9.17) is 22.1 Å². The van der Waals surface area contributed by atoms with Crippen LogP contribution in [0, 0.1) is 0 Å². The van der Waals surface area contributed by atoms with Crippen LogP contribution in [-0.2, 0) is 6.54 Å². The average Bonchev–Trinajstić information content (AvgIpc) is 2.48. The Morgan fingerprint density at radius 1 is 1.29 bits per heavy atom. The Morgan fingerprint density at radius 3 is 2.62 bits per heavy atom. The summed E-state index contributed by atoms with van der Waals surface area (Å²) < 4.78 is 5.48. The Bertz CT molecular complexity index is 444. The molecule has 2 rings (SSSR count). The maximum absolute atomic E-state index is 6.15. The number of methoxy groups -OCH3 is 1. The highest BCUT2D eigenvalue weighted by molar-refractivity contribution is 6.30. The van der Waals surface area contributed by atoms with Crippen molar-refractivity contribution in [3.63, 3.8) is 0 Å². The van der Waals surface area contributed by atoms with Crippen LogP contribution < -0.4 is 10.5 Å². The molecule has 1 saturated carbocycles. The van der Waals surface area contributed by atoms with Crippen molar-refractivity contribution in [2.24, 2.45) is 5.73 Å². The Morgan fingerprint density at radius 2 is 2.00 bits per heavy atom. The third kappa shape index (κ3) is 4.60. The number of benzene rings is 1. The zero-order chi connectivity index (χ0) is 15.2. The molecule has 21 heavy (non-hydrogen) atoms. The molecule has 2 N–H and O–H groups in total. The fraction of sp³-hybridized carbons (Fsp3) is 0.647. The van der Waals surface area contributed by atoms with Crippen LogP contribution in [0.4, 0.5) is 0 Å². The maximum atomic E-state index is 6.15. The van der Waals surface area contributed by atoms with E-state index in [-0.39, 0.29) is 0 Å². The summed E-state index contributed by atoms with van der Waals surface area (Å²) in [5, 5.41) is 0.771. The van der Waals surface area contributed by atoms with Gasteiger partial charge in [-0.25, -0.2) is 0 Å². The number of nitrogens with zero attached hydrogens (tertiary/aromatic N) is 1. The number of hydrogen-bond acceptors (Lipinski definition) is 3. The number of halogens is 1. The molecule has 0 radical (unpaired) electrons. The first kappa shape index (κ1) is 16.6. The predicted octanol–water partition coefficient (Wildman–Crippen LogP) is 3.83. The van der Waals surface area contributed by atoms with E-state index in [1.807, 2.05) is 18.2 Å². The van der Waals surface area contributed by atoms with Gasteiger partial charge in [0.2, 0.25) is 0 Å². The van der Waals surface area contributed by atoms with Gasteiger partial charge in [-0.05, 0) is 56.8 Å². The number of ether oxygens (including phenoxy) is 1. The van der Waals surface area contributed by atoms with Crippen molar-refractivity contribution in [1.82, 2.24) is 4.90 Å². The van der Waals surface area contributed by atoms with E-state index in [1.54, 1.807) is 7.11 Å². The molecule has 3 nitrogen and oxygen atoms in total. The molecule has 0 aliphatic heterocycles. The standard InChI is InChI=1S/C17H27ClN2O/c1-3-10-20(16-7-5-15(19)6-8-16)12-13-11-14(18)4-9-17(13)21-2/h4,9,11,15-16H,3,5-8,10,12,19H2,1-2H3. The molecule has 1 fully saturated rings. The molecular weight excluding hydrogens is 284 g/mol. The van der Waals surface area contributed by atoms with Crippen molar-refractivity contribution in [2.45, 2.75) is 57.7 Å². The van der Waals surface area contributed by atoms with Crippen molar-refractivity contribution in [2.75, 3.05) is 13.7 Å².